The topological polar surface area (TPSA) is 10.9 Å². The molecule has 72 heavy (non-hydrogen) atoms. The summed E-state index contributed by atoms with van der Waals surface area (Å²) >= 11 is 1.71. The SMILES string of the molecule is CC(C)(C)c1ccc(N(c2cc(F)cc(F)c2)c2ccc3c(c2)sc2c4cc5c6ccc(N(c7ccc(C(C)(C)C)cc7)c7ccc(F)cc7F)c7c8cc(C(C)(C)C)ccc8n(c5cc4ccc32)c67)cc1. The third kappa shape index (κ3) is 7.36. The van der Waals surface area contributed by atoms with Crippen LogP contribution in [0, 0.1) is 23.3 Å². The highest BCUT2D eigenvalue weighted by Gasteiger charge is 2.28. The van der Waals surface area contributed by atoms with Crippen LogP contribution >= 0.6 is 11.3 Å². The van der Waals surface area contributed by atoms with Crippen LogP contribution in [0.15, 0.2) is 158 Å². The average molecular weight is 972 g/mol. The highest BCUT2D eigenvalue weighted by atomic mass is 32.1. The van der Waals surface area contributed by atoms with Crippen LogP contribution in [-0.4, -0.2) is 4.40 Å². The number of hydrogen-bond donors (Lipinski definition) is 0. The number of hydrogen-bond acceptors (Lipinski definition) is 3. The highest BCUT2D eigenvalue weighted by Crippen LogP contribution is 2.50. The average Bonchev–Trinajstić information content (AvgIpc) is 3.98. The quantitative estimate of drug-likeness (QED) is 0.154. The molecule has 0 N–H and O–H groups in total. The summed E-state index contributed by atoms with van der Waals surface area (Å²) in [7, 11) is 0. The molecule has 3 nitrogen and oxygen atoms in total. The van der Waals surface area contributed by atoms with Gasteiger partial charge in [0, 0.05) is 76.3 Å². The molecule has 0 aliphatic rings. The molecule has 0 unspecified atom stereocenters. The summed E-state index contributed by atoms with van der Waals surface area (Å²) in [5, 5.41) is 8.62. The maximum atomic E-state index is 16.3. The molecule has 0 radical (unpaired) electrons. The van der Waals surface area contributed by atoms with Crippen molar-refractivity contribution in [1.29, 1.82) is 0 Å². The Morgan fingerprint density at radius 3 is 1.61 bits per heavy atom. The molecule has 0 amide bonds. The molecule has 0 aliphatic carbocycles. The Morgan fingerprint density at radius 2 is 0.972 bits per heavy atom. The van der Waals surface area contributed by atoms with Crippen molar-refractivity contribution in [3.63, 3.8) is 0 Å². The van der Waals surface area contributed by atoms with Crippen molar-refractivity contribution < 1.29 is 17.6 Å². The van der Waals surface area contributed by atoms with Gasteiger partial charge >= 0.3 is 0 Å². The maximum Gasteiger partial charge on any atom is 0.150 e. The Morgan fingerprint density at radius 1 is 0.389 bits per heavy atom. The molecule has 358 valence electrons. The molecular weight excluding hydrogens is 919 g/mol. The molecule has 9 aromatic carbocycles. The Kier molecular flexibility index (Phi) is 10.2. The van der Waals surface area contributed by atoms with Gasteiger partial charge in [0.25, 0.3) is 0 Å². The van der Waals surface area contributed by atoms with Crippen LogP contribution in [0.5, 0.6) is 0 Å². The summed E-state index contributed by atoms with van der Waals surface area (Å²) in [6.45, 7) is 19.6. The first-order valence-electron chi connectivity index (χ1n) is 24.5. The van der Waals surface area contributed by atoms with Crippen molar-refractivity contribution in [3.8, 4) is 0 Å². The molecular formula is C64H53F4N3S. The van der Waals surface area contributed by atoms with E-state index in [1.165, 1.54) is 29.8 Å². The minimum atomic E-state index is -0.652. The zero-order valence-corrected chi connectivity index (χ0v) is 42.6. The molecule has 0 saturated heterocycles. The lowest BCUT2D eigenvalue weighted by molar-refractivity contribution is 0.583. The van der Waals surface area contributed by atoms with Crippen LogP contribution in [0.2, 0.25) is 0 Å². The largest absolute Gasteiger partial charge is 0.310 e. The fraction of sp³-hybridized carbons (Fsp3) is 0.188. The molecule has 0 bridgehead atoms. The van der Waals surface area contributed by atoms with Crippen LogP contribution in [-0.2, 0) is 16.2 Å². The second-order valence-electron chi connectivity index (χ2n) is 22.5. The van der Waals surface area contributed by atoms with Crippen molar-refractivity contribution in [2.24, 2.45) is 0 Å². The Labute approximate surface area is 420 Å². The number of halogens is 4. The molecule has 0 spiro atoms. The zero-order chi connectivity index (χ0) is 50.3. The summed E-state index contributed by atoms with van der Waals surface area (Å²) in [5.74, 6) is -2.58. The summed E-state index contributed by atoms with van der Waals surface area (Å²) in [6, 6.07) is 50.2. The second kappa shape index (κ2) is 16.0. The molecule has 0 fully saturated rings. The lowest BCUT2D eigenvalue weighted by atomic mass is 9.86. The van der Waals surface area contributed by atoms with Gasteiger partial charge in [-0.25, -0.2) is 17.6 Å². The van der Waals surface area contributed by atoms with Gasteiger partial charge in [-0.05, 0) is 129 Å². The van der Waals surface area contributed by atoms with E-state index in [9.17, 15) is 13.2 Å². The van der Waals surface area contributed by atoms with Crippen molar-refractivity contribution in [2.45, 2.75) is 78.6 Å². The van der Waals surface area contributed by atoms with Crippen LogP contribution in [0.25, 0.3) is 69.0 Å². The van der Waals surface area contributed by atoms with Gasteiger partial charge in [-0.2, -0.15) is 0 Å². The number of benzene rings is 9. The van der Waals surface area contributed by atoms with Crippen LogP contribution in [0.1, 0.15) is 79.0 Å². The molecule has 12 aromatic rings. The van der Waals surface area contributed by atoms with Crippen LogP contribution < -0.4 is 9.80 Å². The predicted octanol–water partition coefficient (Wildman–Crippen LogP) is 19.7. The Bertz CT molecular complexity index is 4130. The van der Waals surface area contributed by atoms with E-state index < -0.39 is 23.3 Å². The number of nitrogens with zero attached hydrogens (tertiary/aromatic N) is 3. The van der Waals surface area contributed by atoms with E-state index in [0.29, 0.717) is 5.69 Å². The van der Waals surface area contributed by atoms with Crippen molar-refractivity contribution >= 4 is 115 Å². The molecule has 3 aromatic heterocycles. The monoisotopic (exact) mass is 971 g/mol. The van der Waals surface area contributed by atoms with Crippen LogP contribution in [0.4, 0.5) is 51.7 Å². The van der Waals surface area contributed by atoms with Crippen LogP contribution in [0.3, 0.4) is 0 Å². The van der Waals surface area contributed by atoms with Gasteiger partial charge in [0.1, 0.15) is 23.3 Å². The summed E-state index contributed by atoms with van der Waals surface area (Å²) in [6.07, 6.45) is 0. The fourth-order valence-electron chi connectivity index (χ4n) is 10.8. The van der Waals surface area contributed by atoms with E-state index in [2.05, 4.69) is 158 Å². The lowest BCUT2D eigenvalue weighted by Gasteiger charge is -2.28. The number of thiophene rings is 1. The van der Waals surface area contributed by atoms with E-state index in [1.807, 2.05) is 40.1 Å². The third-order valence-corrected chi connectivity index (χ3v) is 15.8. The predicted molar refractivity (Wildman–Crippen MR) is 297 cm³/mol. The van der Waals surface area contributed by atoms with Crippen molar-refractivity contribution in [1.82, 2.24) is 4.40 Å². The standard InChI is InChI=1S/C64H53F4N3S/c1-62(2,3)37-11-17-43(18-12-37)69(46-31-41(66)30-42(67)32-46)45-21-23-47-49-22-10-36-28-57-51(35-50(36)61(49)72-58(47)34-45)48-24-27-56(59-52-29-39(64(7,8)9)15-25-54(52)71(57)60(48)59)70(55-26-16-40(65)33-53(55)68)44-19-13-38(14-20-44)63(4,5)6/h10-35H,1-9H3. The van der Waals surface area contributed by atoms with E-state index in [-0.39, 0.29) is 21.9 Å². The molecule has 12 rings (SSSR count). The van der Waals surface area contributed by atoms with Gasteiger partial charge < -0.3 is 14.2 Å². The first-order valence-corrected chi connectivity index (χ1v) is 25.3. The fourth-order valence-corrected chi connectivity index (χ4v) is 12.0. The Hall–Kier alpha value is -7.42. The van der Waals surface area contributed by atoms with Gasteiger partial charge in [-0.3, -0.25) is 0 Å². The van der Waals surface area contributed by atoms with E-state index in [1.54, 1.807) is 11.3 Å². The minimum Gasteiger partial charge on any atom is -0.310 e. The number of aromatic nitrogens is 1. The smallest absolute Gasteiger partial charge is 0.150 e. The first kappa shape index (κ1) is 45.7. The first-order chi connectivity index (χ1) is 34.2. The van der Waals surface area contributed by atoms with E-state index in [0.717, 1.165) is 115 Å². The molecule has 8 heteroatoms. The molecule has 0 atom stereocenters. The highest BCUT2D eigenvalue weighted by molar-refractivity contribution is 7.26. The Balaban J connectivity index is 1.08. The molecule has 0 aliphatic heterocycles. The summed E-state index contributed by atoms with van der Waals surface area (Å²) in [5.41, 5.74) is 10.1. The lowest BCUT2D eigenvalue weighted by Crippen LogP contribution is -2.14. The zero-order valence-electron chi connectivity index (χ0n) is 41.8. The van der Waals surface area contributed by atoms with E-state index in [4.69, 9.17) is 0 Å². The van der Waals surface area contributed by atoms with Gasteiger partial charge in [-0.1, -0.05) is 117 Å². The van der Waals surface area contributed by atoms with Crippen molar-refractivity contribution in [2.75, 3.05) is 9.80 Å². The number of rotatable bonds is 6. The van der Waals surface area contributed by atoms with Gasteiger partial charge in [0.15, 0.2) is 0 Å². The minimum absolute atomic E-state index is 0.0666. The van der Waals surface area contributed by atoms with E-state index >= 15 is 4.39 Å². The molecule has 0 saturated carbocycles. The number of fused-ring (bicyclic) bond motifs is 11. The summed E-state index contributed by atoms with van der Waals surface area (Å²) < 4.78 is 65.4. The maximum absolute atomic E-state index is 16.3. The third-order valence-electron chi connectivity index (χ3n) is 14.6. The second-order valence-corrected chi connectivity index (χ2v) is 23.5. The molecule has 3 heterocycles. The van der Waals surface area contributed by atoms with Crippen molar-refractivity contribution in [3.05, 3.63) is 198 Å². The van der Waals surface area contributed by atoms with Gasteiger partial charge in [0.2, 0.25) is 0 Å². The van der Waals surface area contributed by atoms with Gasteiger partial charge in [-0.15, -0.1) is 11.3 Å². The number of anilines is 6. The van der Waals surface area contributed by atoms with Gasteiger partial charge in [0.05, 0.1) is 33.6 Å². The normalized spacial score (nSPS) is 12.8. The summed E-state index contributed by atoms with van der Waals surface area (Å²) in [4.78, 5) is 3.85.